The van der Waals surface area contributed by atoms with E-state index in [1.165, 1.54) is 39.0 Å². The molecule has 1 aliphatic rings. The van der Waals surface area contributed by atoms with Gasteiger partial charge in [0.15, 0.2) is 17.7 Å². The van der Waals surface area contributed by atoms with Crippen molar-refractivity contribution in [3.8, 4) is 11.5 Å². The molecule has 1 N–H and O–H groups in total. The zero-order chi connectivity index (χ0) is 22.6. The molecule has 30 heavy (non-hydrogen) atoms. The summed E-state index contributed by atoms with van der Waals surface area (Å²) in [5.41, 5.74) is -0.888. The predicted octanol–water partition coefficient (Wildman–Crippen LogP) is 1.77. The molecule has 0 radical (unpaired) electrons. The van der Waals surface area contributed by atoms with Gasteiger partial charge in [0.25, 0.3) is 0 Å². The average Bonchev–Trinajstić information content (AvgIpc) is 2.94. The molecule has 0 saturated carbocycles. The molecule has 1 saturated heterocycles. The number of amides is 2. The summed E-state index contributed by atoms with van der Waals surface area (Å²) in [7, 11) is 0. The molecule has 2 amide bonds. The SMILES string of the molecule is CC(=O)Oc1ccc(NC(C)(C)C(=O)OC(C)N2C(=O)CCC2=O)cc1OC(C)=O. The Labute approximate surface area is 173 Å². The third-order valence-electron chi connectivity index (χ3n) is 4.15. The summed E-state index contributed by atoms with van der Waals surface area (Å²) in [6.07, 6.45) is -0.851. The number of imide groups is 1. The van der Waals surface area contributed by atoms with Crippen LogP contribution in [0.5, 0.6) is 11.5 Å². The Hall–Kier alpha value is -3.43. The van der Waals surface area contributed by atoms with Crippen LogP contribution in [0.3, 0.4) is 0 Å². The lowest BCUT2D eigenvalue weighted by atomic mass is 10.1. The van der Waals surface area contributed by atoms with E-state index in [0.29, 0.717) is 5.69 Å². The maximum absolute atomic E-state index is 12.6. The van der Waals surface area contributed by atoms with Gasteiger partial charge < -0.3 is 19.5 Å². The van der Waals surface area contributed by atoms with Crippen LogP contribution in [-0.4, -0.2) is 46.4 Å². The number of rotatable bonds is 7. The molecule has 0 spiro atoms. The standard InChI is InChI=1S/C20H24N2O8/c1-11(22-17(25)8-9-18(22)26)28-19(27)20(4,5)21-14-6-7-15(29-12(2)23)16(10-14)30-13(3)24/h6-7,10-11,21H,8-9H2,1-5H3. The second kappa shape index (κ2) is 8.93. The number of ether oxygens (including phenoxy) is 3. The Morgan fingerprint density at radius 3 is 2.07 bits per heavy atom. The number of nitrogens with zero attached hydrogens (tertiary/aromatic N) is 1. The van der Waals surface area contributed by atoms with Crippen molar-refractivity contribution in [2.75, 3.05) is 5.32 Å². The second-order valence-corrected chi connectivity index (χ2v) is 7.26. The average molecular weight is 420 g/mol. The van der Waals surface area contributed by atoms with Crippen molar-refractivity contribution in [3.63, 3.8) is 0 Å². The fourth-order valence-corrected chi connectivity index (χ4v) is 2.83. The van der Waals surface area contributed by atoms with E-state index in [-0.39, 0.29) is 24.3 Å². The van der Waals surface area contributed by atoms with Crippen LogP contribution >= 0.6 is 0 Å². The Morgan fingerprint density at radius 2 is 1.53 bits per heavy atom. The first kappa shape index (κ1) is 22.9. The lowest BCUT2D eigenvalue weighted by molar-refractivity contribution is -0.168. The molecule has 1 heterocycles. The second-order valence-electron chi connectivity index (χ2n) is 7.26. The molecule has 10 heteroatoms. The van der Waals surface area contributed by atoms with Gasteiger partial charge in [0.05, 0.1) is 0 Å². The largest absolute Gasteiger partial charge is 0.440 e. The van der Waals surface area contributed by atoms with Gasteiger partial charge in [0.2, 0.25) is 11.8 Å². The highest BCUT2D eigenvalue weighted by molar-refractivity contribution is 6.02. The van der Waals surface area contributed by atoms with E-state index in [1.807, 2.05) is 0 Å². The van der Waals surface area contributed by atoms with Gasteiger partial charge in [-0.2, -0.15) is 0 Å². The summed E-state index contributed by atoms with van der Waals surface area (Å²) in [6.45, 7) is 6.94. The highest BCUT2D eigenvalue weighted by Gasteiger charge is 2.38. The number of anilines is 1. The van der Waals surface area contributed by atoms with Crippen LogP contribution in [0.2, 0.25) is 0 Å². The highest BCUT2D eigenvalue weighted by atomic mass is 16.6. The lowest BCUT2D eigenvalue weighted by Crippen LogP contribution is -2.47. The molecular formula is C20H24N2O8. The maximum atomic E-state index is 12.6. The Balaban J connectivity index is 2.15. The molecule has 1 unspecified atom stereocenters. The number of esters is 3. The molecule has 2 rings (SSSR count). The van der Waals surface area contributed by atoms with E-state index in [1.54, 1.807) is 13.8 Å². The van der Waals surface area contributed by atoms with E-state index in [0.717, 1.165) is 4.90 Å². The summed E-state index contributed by atoms with van der Waals surface area (Å²) in [6, 6.07) is 4.33. The highest BCUT2D eigenvalue weighted by Crippen LogP contribution is 2.32. The van der Waals surface area contributed by atoms with E-state index in [9.17, 15) is 24.0 Å². The molecule has 1 aromatic carbocycles. The summed E-state index contributed by atoms with van der Waals surface area (Å²) in [5.74, 6) is -2.66. The van der Waals surface area contributed by atoms with Gasteiger partial charge >= 0.3 is 17.9 Å². The molecule has 162 valence electrons. The number of nitrogens with one attached hydrogen (secondary N) is 1. The van der Waals surface area contributed by atoms with Crippen LogP contribution in [0, 0.1) is 0 Å². The van der Waals surface area contributed by atoms with Gasteiger partial charge in [-0.25, -0.2) is 9.69 Å². The van der Waals surface area contributed by atoms with Crippen molar-refractivity contribution in [1.82, 2.24) is 4.90 Å². The predicted molar refractivity (Wildman–Crippen MR) is 103 cm³/mol. The topological polar surface area (TPSA) is 128 Å². The van der Waals surface area contributed by atoms with Crippen molar-refractivity contribution < 1.29 is 38.2 Å². The van der Waals surface area contributed by atoms with Gasteiger partial charge in [-0.1, -0.05) is 0 Å². The zero-order valence-corrected chi connectivity index (χ0v) is 17.4. The number of carbonyl (C=O) groups is 5. The van der Waals surface area contributed by atoms with Crippen molar-refractivity contribution in [2.24, 2.45) is 0 Å². The molecule has 0 aliphatic carbocycles. The summed E-state index contributed by atoms with van der Waals surface area (Å²) < 4.78 is 15.4. The van der Waals surface area contributed by atoms with E-state index >= 15 is 0 Å². The third kappa shape index (κ3) is 5.56. The first-order valence-corrected chi connectivity index (χ1v) is 9.25. The number of hydrogen-bond acceptors (Lipinski definition) is 9. The van der Waals surface area contributed by atoms with Crippen molar-refractivity contribution in [2.45, 2.75) is 59.2 Å². The summed E-state index contributed by atoms with van der Waals surface area (Å²) in [4.78, 5) is 59.7. The number of carbonyl (C=O) groups excluding carboxylic acids is 5. The molecule has 0 aromatic heterocycles. The fraction of sp³-hybridized carbons (Fsp3) is 0.450. The van der Waals surface area contributed by atoms with E-state index in [2.05, 4.69) is 5.32 Å². The normalized spacial score (nSPS) is 14.9. The Bertz CT molecular complexity index is 877. The van der Waals surface area contributed by atoms with Crippen LogP contribution < -0.4 is 14.8 Å². The minimum absolute atomic E-state index is 0.00602. The number of benzene rings is 1. The minimum Gasteiger partial charge on any atom is -0.440 e. The lowest BCUT2D eigenvalue weighted by Gasteiger charge is -2.29. The molecule has 1 aliphatic heterocycles. The number of hydrogen-bond donors (Lipinski definition) is 1. The van der Waals surface area contributed by atoms with Crippen LogP contribution in [0.15, 0.2) is 18.2 Å². The van der Waals surface area contributed by atoms with Crippen LogP contribution in [0.4, 0.5) is 5.69 Å². The smallest absolute Gasteiger partial charge is 0.333 e. The Kier molecular flexibility index (Phi) is 6.81. The molecule has 1 atom stereocenters. The van der Waals surface area contributed by atoms with Crippen molar-refractivity contribution in [1.29, 1.82) is 0 Å². The van der Waals surface area contributed by atoms with Gasteiger partial charge in [-0.3, -0.25) is 19.2 Å². The van der Waals surface area contributed by atoms with Crippen molar-refractivity contribution in [3.05, 3.63) is 18.2 Å². The summed E-state index contributed by atoms with van der Waals surface area (Å²) in [5, 5.41) is 2.94. The first-order chi connectivity index (χ1) is 13.9. The van der Waals surface area contributed by atoms with Gasteiger partial charge in [-0.15, -0.1) is 0 Å². The van der Waals surface area contributed by atoms with Crippen LogP contribution in [0.25, 0.3) is 0 Å². The molecule has 1 aromatic rings. The minimum atomic E-state index is -1.27. The monoisotopic (exact) mass is 420 g/mol. The van der Waals surface area contributed by atoms with Crippen LogP contribution in [-0.2, 0) is 28.7 Å². The molecular weight excluding hydrogens is 396 g/mol. The summed E-state index contributed by atoms with van der Waals surface area (Å²) >= 11 is 0. The molecule has 0 bridgehead atoms. The quantitative estimate of drug-likeness (QED) is 0.398. The molecule has 10 nitrogen and oxygen atoms in total. The van der Waals surface area contributed by atoms with Crippen molar-refractivity contribution >= 4 is 35.4 Å². The van der Waals surface area contributed by atoms with E-state index < -0.39 is 41.5 Å². The Morgan fingerprint density at radius 1 is 1.00 bits per heavy atom. The maximum Gasteiger partial charge on any atom is 0.333 e. The number of likely N-dealkylation sites (tertiary alicyclic amines) is 1. The van der Waals surface area contributed by atoms with Gasteiger partial charge in [-0.05, 0) is 32.9 Å². The third-order valence-corrected chi connectivity index (χ3v) is 4.15. The fourth-order valence-electron chi connectivity index (χ4n) is 2.83. The van der Waals surface area contributed by atoms with Crippen LogP contribution in [0.1, 0.15) is 47.5 Å². The zero-order valence-electron chi connectivity index (χ0n) is 17.4. The molecule has 1 fully saturated rings. The van der Waals surface area contributed by atoms with E-state index in [4.69, 9.17) is 14.2 Å². The van der Waals surface area contributed by atoms with Gasteiger partial charge in [0.1, 0.15) is 5.54 Å². The van der Waals surface area contributed by atoms with Gasteiger partial charge in [0, 0.05) is 38.4 Å². The first-order valence-electron chi connectivity index (χ1n) is 9.25.